The minimum atomic E-state index is -0.749. The molecule has 0 radical (unpaired) electrons. The van der Waals surface area contributed by atoms with Gasteiger partial charge in [0.2, 0.25) is 0 Å². The predicted molar refractivity (Wildman–Crippen MR) is 54.5 cm³/mol. The SMILES string of the molecule is CNC(C)(CCO)c1cc(F)ccc1F. The Hall–Kier alpha value is -1.00. The maximum absolute atomic E-state index is 13.5. The topological polar surface area (TPSA) is 32.3 Å². The van der Waals surface area contributed by atoms with Crippen molar-refractivity contribution in [2.75, 3.05) is 13.7 Å². The van der Waals surface area contributed by atoms with E-state index in [0.717, 1.165) is 18.2 Å². The van der Waals surface area contributed by atoms with Gasteiger partial charge in [0, 0.05) is 17.7 Å². The second-order valence-electron chi connectivity index (χ2n) is 3.68. The van der Waals surface area contributed by atoms with Gasteiger partial charge >= 0.3 is 0 Å². The van der Waals surface area contributed by atoms with Crippen molar-refractivity contribution in [2.24, 2.45) is 0 Å². The van der Waals surface area contributed by atoms with E-state index < -0.39 is 17.2 Å². The lowest BCUT2D eigenvalue weighted by molar-refractivity contribution is 0.224. The van der Waals surface area contributed by atoms with Gasteiger partial charge in [-0.1, -0.05) is 0 Å². The van der Waals surface area contributed by atoms with E-state index in [1.807, 2.05) is 0 Å². The van der Waals surface area contributed by atoms with Crippen LogP contribution in [0.3, 0.4) is 0 Å². The molecule has 0 fully saturated rings. The van der Waals surface area contributed by atoms with Crippen LogP contribution in [-0.4, -0.2) is 18.8 Å². The van der Waals surface area contributed by atoms with E-state index in [9.17, 15) is 8.78 Å². The Labute approximate surface area is 87.9 Å². The Bertz CT molecular complexity index is 343. The van der Waals surface area contributed by atoms with Gasteiger partial charge in [-0.15, -0.1) is 0 Å². The maximum atomic E-state index is 13.5. The van der Waals surface area contributed by atoms with Crippen molar-refractivity contribution < 1.29 is 13.9 Å². The number of aliphatic hydroxyl groups excluding tert-OH is 1. The highest BCUT2D eigenvalue weighted by atomic mass is 19.1. The minimum Gasteiger partial charge on any atom is -0.396 e. The normalized spacial score (nSPS) is 15.0. The first kappa shape index (κ1) is 12.1. The molecule has 15 heavy (non-hydrogen) atoms. The van der Waals surface area contributed by atoms with Crippen molar-refractivity contribution in [3.63, 3.8) is 0 Å². The van der Waals surface area contributed by atoms with Crippen LogP contribution < -0.4 is 5.32 Å². The summed E-state index contributed by atoms with van der Waals surface area (Å²) in [7, 11) is 1.65. The molecule has 0 amide bonds. The highest BCUT2D eigenvalue weighted by Gasteiger charge is 2.27. The summed E-state index contributed by atoms with van der Waals surface area (Å²) in [5, 5.41) is 11.8. The van der Waals surface area contributed by atoms with Crippen molar-refractivity contribution in [3.8, 4) is 0 Å². The molecule has 0 saturated heterocycles. The second kappa shape index (κ2) is 4.68. The zero-order valence-electron chi connectivity index (χ0n) is 8.85. The fourth-order valence-electron chi connectivity index (χ4n) is 1.54. The third-order valence-electron chi connectivity index (χ3n) is 2.69. The Morgan fingerprint density at radius 1 is 1.40 bits per heavy atom. The molecule has 1 atom stereocenters. The molecule has 0 aromatic heterocycles. The number of hydrogen-bond donors (Lipinski definition) is 2. The van der Waals surface area contributed by atoms with E-state index >= 15 is 0 Å². The molecule has 0 spiro atoms. The summed E-state index contributed by atoms with van der Waals surface area (Å²) >= 11 is 0. The van der Waals surface area contributed by atoms with Crippen LogP contribution in [-0.2, 0) is 5.54 Å². The van der Waals surface area contributed by atoms with Gasteiger partial charge in [0.15, 0.2) is 0 Å². The number of rotatable bonds is 4. The zero-order valence-corrected chi connectivity index (χ0v) is 8.85. The molecule has 4 heteroatoms. The van der Waals surface area contributed by atoms with Crippen molar-refractivity contribution in [1.82, 2.24) is 5.32 Å². The molecule has 2 N–H and O–H groups in total. The Morgan fingerprint density at radius 3 is 2.60 bits per heavy atom. The zero-order chi connectivity index (χ0) is 11.5. The van der Waals surface area contributed by atoms with Gasteiger partial charge in [-0.25, -0.2) is 8.78 Å². The van der Waals surface area contributed by atoms with Crippen LogP contribution in [0.25, 0.3) is 0 Å². The molecule has 1 aromatic carbocycles. The van der Waals surface area contributed by atoms with Crippen molar-refractivity contribution in [1.29, 1.82) is 0 Å². The average molecular weight is 215 g/mol. The third kappa shape index (κ3) is 2.52. The van der Waals surface area contributed by atoms with Crippen molar-refractivity contribution >= 4 is 0 Å². The van der Waals surface area contributed by atoms with E-state index in [2.05, 4.69) is 5.32 Å². The van der Waals surface area contributed by atoms with Gasteiger partial charge in [-0.3, -0.25) is 0 Å². The number of halogens is 2. The number of benzene rings is 1. The van der Waals surface area contributed by atoms with Gasteiger partial charge in [0.05, 0.1) is 0 Å². The van der Waals surface area contributed by atoms with Gasteiger partial charge < -0.3 is 10.4 Å². The fraction of sp³-hybridized carbons (Fsp3) is 0.455. The molecule has 0 aliphatic heterocycles. The van der Waals surface area contributed by atoms with Crippen molar-refractivity contribution in [2.45, 2.75) is 18.9 Å². The van der Waals surface area contributed by atoms with Gasteiger partial charge in [0.25, 0.3) is 0 Å². The molecule has 0 aliphatic rings. The highest BCUT2D eigenvalue weighted by molar-refractivity contribution is 5.26. The maximum Gasteiger partial charge on any atom is 0.128 e. The van der Waals surface area contributed by atoms with Crippen LogP contribution in [0.15, 0.2) is 18.2 Å². The van der Waals surface area contributed by atoms with Crippen LogP contribution in [0.1, 0.15) is 18.9 Å². The summed E-state index contributed by atoms with van der Waals surface area (Å²) < 4.78 is 26.5. The van der Waals surface area contributed by atoms with Crippen LogP contribution in [0, 0.1) is 11.6 Å². The summed E-state index contributed by atoms with van der Waals surface area (Å²) in [6, 6.07) is 3.33. The summed E-state index contributed by atoms with van der Waals surface area (Å²) in [5.41, 5.74) is -0.514. The number of hydrogen-bond acceptors (Lipinski definition) is 2. The smallest absolute Gasteiger partial charge is 0.128 e. The lowest BCUT2D eigenvalue weighted by Gasteiger charge is -2.29. The van der Waals surface area contributed by atoms with Crippen LogP contribution in [0.4, 0.5) is 8.78 Å². The summed E-state index contributed by atoms with van der Waals surface area (Å²) in [6.07, 6.45) is 0.323. The monoisotopic (exact) mass is 215 g/mol. The van der Waals surface area contributed by atoms with Crippen molar-refractivity contribution in [3.05, 3.63) is 35.4 Å². The molecule has 1 rings (SSSR count). The third-order valence-corrected chi connectivity index (χ3v) is 2.69. The lowest BCUT2D eigenvalue weighted by Crippen LogP contribution is -2.38. The van der Waals surface area contributed by atoms with Crippen LogP contribution in [0.2, 0.25) is 0 Å². The van der Waals surface area contributed by atoms with E-state index in [-0.39, 0.29) is 12.2 Å². The van der Waals surface area contributed by atoms with E-state index in [4.69, 9.17) is 5.11 Å². The molecular weight excluding hydrogens is 200 g/mol. The minimum absolute atomic E-state index is 0.0900. The summed E-state index contributed by atoms with van der Waals surface area (Å²) in [5.74, 6) is -0.951. The molecule has 1 aromatic rings. The van der Waals surface area contributed by atoms with Gasteiger partial charge in [-0.05, 0) is 38.6 Å². The Morgan fingerprint density at radius 2 is 2.07 bits per heavy atom. The molecule has 84 valence electrons. The molecule has 0 heterocycles. The quantitative estimate of drug-likeness (QED) is 0.802. The van der Waals surface area contributed by atoms with Crippen LogP contribution >= 0.6 is 0 Å². The van der Waals surface area contributed by atoms with E-state index in [1.54, 1.807) is 14.0 Å². The number of nitrogens with one attached hydrogen (secondary N) is 1. The molecular formula is C11H15F2NO. The summed E-state index contributed by atoms with van der Waals surface area (Å²) in [4.78, 5) is 0. The fourth-order valence-corrected chi connectivity index (χ4v) is 1.54. The first-order chi connectivity index (χ1) is 7.03. The standard InChI is InChI=1S/C11H15F2NO/c1-11(14-2,5-6-15)9-7-8(12)3-4-10(9)13/h3-4,7,14-15H,5-6H2,1-2H3. The largest absolute Gasteiger partial charge is 0.396 e. The Balaban J connectivity index is 3.16. The highest BCUT2D eigenvalue weighted by Crippen LogP contribution is 2.27. The van der Waals surface area contributed by atoms with E-state index in [0.29, 0.717) is 6.42 Å². The van der Waals surface area contributed by atoms with Gasteiger partial charge in [0.1, 0.15) is 11.6 Å². The lowest BCUT2D eigenvalue weighted by atomic mass is 9.88. The summed E-state index contributed by atoms with van der Waals surface area (Å²) in [6.45, 7) is 1.63. The first-order valence-corrected chi connectivity index (χ1v) is 4.79. The molecule has 0 saturated carbocycles. The van der Waals surface area contributed by atoms with Gasteiger partial charge in [-0.2, -0.15) is 0 Å². The molecule has 1 unspecified atom stereocenters. The average Bonchev–Trinajstić information content (AvgIpc) is 2.22. The van der Waals surface area contributed by atoms with Crippen LogP contribution in [0.5, 0.6) is 0 Å². The Kier molecular flexibility index (Phi) is 3.77. The predicted octanol–water partition coefficient (Wildman–Crippen LogP) is 1.78. The molecule has 0 aliphatic carbocycles. The first-order valence-electron chi connectivity index (χ1n) is 4.79. The molecule has 0 bridgehead atoms. The second-order valence-corrected chi connectivity index (χ2v) is 3.68. The molecule has 2 nitrogen and oxygen atoms in total. The number of aliphatic hydroxyl groups is 1. The van der Waals surface area contributed by atoms with E-state index in [1.165, 1.54) is 0 Å².